The lowest BCUT2D eigenvalue weighted by Crippen LogP contribution is -2.46. The highest BCUT2D eigenvalue weighted by atomic mass is 16.5. The SMILES string of the molecule is CC(CC1CCCCCN1)NCC1(O)CCOC1. The molecule has 0 aliphatic carbocycles. The van der Waals surface area contributed by atoms with E-state index in [4.69, 9.17) is 4.74 Å². The van der Waals surface area contributed by atoms with E-state index in [-0.39, 0.29) is 0 Å². The van der Waals surface area contributed by atoms with Crippen LogP contribution in [0.4, 0.5) is 0 Å². The van der Waals surface area contributed by atoms with Gasteiger partial charge in [0.05, 0.1) is 6.61 Å². The monoisotopic (exact) mass is 256 g/mol. The molecule has 0 radical (unpaired) electrons. The van der Waals surface area contributed by atoms with Crippen LogP contribution in [0.15, 0.2) is 0 Å². The molecule has 2 aliphatic rings. The molecule has 2 heterocycles. The summed E-state index contributed by atoms with van der Waals surface area (Å²) in [5.74, 6) is 0. The highest BCUT2D eigenvalue weighted by molar-refractivity contribution is 4.86. The third-order valence-corrected chi connectivity index (χ3v) is 4.16. The van der Waals surface area contributed by atoms with Gasteiger partial charge in [-0.05, 0) is 32.7 Å². The third kappa shape index (κ3) is 4.50. The molecule has 0 spiro atoms. The van der Waals surface area contributed by atoms with Gasteiger partial charge in [-0.2, -0.15) is 0 Å². The molecule has 2 saturated heterocycles. The van der Waals surface area contributed by atoms with Gasteiger partial charge in [0.2, 0.25) is 0 Å². The zero-order chi connectivity index (χ0) is 12.8. The minimum atomic E-state index is -0.634. The van der Waals surface area contributed by atoms with Gasteiger partial charge in [0, 0.05) is 31.7 Å². The van der Waals surface area contributed by atoms with Crippen molar-refractivity contribution < 1.29 is 9.84 Å². The van der Waals surface area contributed by atoms with E-state index in [1.807, 2.05) is 0 Å². The quantitative estimate of drug-likeness (QED) is 0.688. The predicted molar refractivity (Wildman–Crippen MR) is 72.7 cm³/mol. The van der Waals surface area contributed by atoms with E-state index in [1.165, 1.54) is 25.7 Å². The molecule has 2 rings (SSSR count). The molecule has 4 nitrogen and oxygen atoms in total. The summed E-state index contributed by atoms with van der Waals surface area (Å²) in [7, 11) is 0. The summed E-state index contributed by atoms with van der Waals surface area (Å²) in [4.78, 5) is 0. The van der Waals surface area contributed by atoms with E-state index < -0.39 is 5.60 Å². The van der Waals surface area contributed by atoms with E-state index in [2.05, 4.69) is 17.6 Å². The van der Waals surface area contributed by atoms with Gasteiger partial charge < -0.3 is 20.5 Å². The minimum absolute atomic E-state index is 0.449. The Labute approximate surface area is 110 Å². The summed E-state index contributed by atoms with van der Waals surface area (Å²) in [6.45, 7) is 5.20. The van der Waals surface area contributed by atoms with Crippen LogP contribution in [-0.4, -0.2) is 49.1 Å². The van der Waals surface area contributed by atoms with E-state index in [1.54, 1.807) is 0 Å². The number of aliphatic hydroxyl groups is 1. The predicted octanol–water partition coefficient (Wildman–Crippen LogP) is 1.04. The van der Waals surface area contributed by atoms with Crippen molar-refractivity contribution in [2.75, 3.05) is 26.3 Å². The standard InChI is InChI=1S/C14H28N2O2/c1-12(9-13-5-3-2-4-7-15-13)16-10-14(17)6-8-18-11-14/h12-13,15-17H,2-11H2,1H3. The second kappa shape index (κ2) is 6.85. The van der Waals surface area contributed by atoms with Crippen molar-refractivity contribution in [2.45, 2.75) is 63.1 Å². The molecule has 106 valence electrons. The summed E-state index contributed by atoms with van der Waals surface area (Å²) in [5.41, 5.74) is -0.634. The van der Waals surface area contributed by atoms with Crippen molar-refractivity contribution in [3.8, 4) is 0 Å². The largest absolute Gasteiger partial charge is 0.386 e. The maximum Gasteiger partial charge on any atom is 0.102 e. The van der Waals surface area contributed by atoms with Gasteiger partial charge >= 0.3 is 0 Å². The van der Waals surface area contributed by atoms with Crippen molar-refractivity contribution in [3.05, 3.63) is 0 Å². The fourth-order valence-corrected chi connectivity index (χ4v) is 2.91. The molecule has 0 saturated carbocycles. The normalized spacial score (nSPS) is 35.3. The Balaban J connectivity index is 1.66. The smallest absolute Gasteiger partial charge is 0.102 e. The molecule has 2 aliphatic heterocycles. The topological polar surface area (TPSA) is 53.5 Å². The van der Waals surface area contributed by atoms with E-state index in [9.17, 15) is 5.11 Å². The molecule has 0 aromatic carbocycles. The van der Waals surface area contributed by atoms with Crippen LogP contribution in [0.25, 0.3) is 0 Å². The third-order valence-electron chi connectivity index (χ3n) is 4.16. The van der Waals surface area contributed by atoms with Gasteiger partial charge in [-0.1, -0.05) is 12.8 Å². The van der Waals surface area contributed by atoms with Crippen LogP contribution in [0.1, 0.15) is 45.4 Å². The molecule has 3 unspecified atom stereocenters. The van der Waals surface area contributed by atoms with E-state index in [0.717, 1.165) is 19.4 Å². The molecule has 18 heavy (non-hydrogen) atoms. The summed E-state index contributed by atoms with van der Waals surface area (Å²) in [5, 5.41) is 17.3. The van der Waals surface area contributed by atoms with Crippen molar-refractivity contribution in [2.24, 2.45) is 0 Å². The van der Waals surface area contributed by atoms with Gasteiger partial charge in [0.25, 0.3) is 0 Å². The fraction of sp³-hybridized carbons (Fsp3) is 1.00. The number of nitrogens with one attached hydrogen (secondary N) is 2. The Morgan fingerprint density at radius 1 is 1.44 bits per heavy atom. The Kier molecular flexibility index (Phi) is 5.42. The second-order valence-electron chi connectivity index (χ2n) is 6.04. The molecule has 3 atom stereocenters. The van der Waals surface area contributed by atoms with Crippen molar-refractivity contribution in [1.29, 1.82) is 0 Å². The molecular formula is C14H28N2O2. The zero-order valence-corrected chi connectivity index (χ0v) is 11.6. The van der Waals surface area contributed by atoms with Gasteiger partial charge in [0.15, 0.2) is 0 Å². The lowest BCUT2D eigenvalue weighted by atomic mass is 10.0. The van der Waals surface area contributed by atoms with Gasteiger partial charge in [-0.25, -0.2) is 0 Å². The van der Waals surface area contributed by atoms with Gasteiger partial charge in [0.1, 0.15) is 5.60 Å². The minimum Gasteiger partial charge on any atom is -0.386 e. The summed E-state index contributed by atoms with van der Waals surface area (Å²) in [6, 6.07) is 1.09. The maximum atomic E-state index is 10.2. The number of ether oxygens (including phenoxy) is 1. The lowest BCUT2D eigenvalue weighted by Gasteiger charge is -2.26. The van der Waals surface area contributed by atoms with Crippen molar-refractivity contribution in [3.63, 3.8) is 0 Å². The van der Waals surface area contributed by atoms with Crippen LogP contribution in [0.5, 0.6) is 0 Å². The van der Waals surface area contributed by atoms with Crippen LogP contribution in [0, 0.1) is 0 Å². The second-order valence-corrected chi connectivity index (χ2v) is 6.04. The molecule has 4 heteroatoms. The van der Waals surface area contributed by atoms with Crippen LogP contribution in [0.3, 0.4) is 0 Å². The fourth-order valence-electron chi connectivity index (χ4n) is 2.91. The molecule has 3 N–H and O–H groups in total. The van der Waals surface area contributed by atoms with Crippen LogP contribution < -0.4 is 10.6 Å². The van der Waals surface area contributed by atoms with Gasteiger partial charge in [-0.15, -0.1) is 0 Å². The summed E-state index contributed by atoms with van der Waals surface area (Å²) >= 11 is 0. The Hall–Kier alpha value is -0.160. The molecule has 2 fully saturated rings. The van der Waals surface area contributed by atoms with E-state index >= 15 is 0 Å². The summed E-state index contributed by atoms with van der Waals surface area (Å²) in [6.07, 6.45) is 7.23. The highest BCUT2D eigenvalue weighted by Gasteiger charge is 2.32. The first-order chi connectivity index (χ1) is 8.68. The van der Waals surface area contributed by atoms with Crippen molar-refractivity contribution in [1.82, 2.24) is 10.6 Å². The summed E-state index contributed by atoms with van der Waals surface area (Å²) < 4.78 is 5.26. The molecule has 0 aromatic rings. The molecule has 0 aromatic heterocycles. The Morgan fingerprint density at radius 3 is 3.11 bits per heavy atom. The average Bonchev–Trinajstić information content (AvgIpc) is 2.62. The van der Waals surface area contributed by atoms with Crippen LogP contribution in [0.2, 0.25) is 0 Å². The first kappa shape index (κ1) is 14.3. The maximum absolute atomic E-state index is 10.2. The average molecular weight is 256 g/mol. The zero-order valence-electron chi connectivity index (χ0n) is 11.6. The Morgan fingerprint density at radius 2 is 2.33 bits per heavy atom. The molecular weight excluding hydrogens is 228 g/mol. The number of rotatable bonds is 5. The first-order valence-corrected chi connectivity index (χ1v) is 7.45. The van der Waals surface area contributed by atoms with Crippen molar-refractivity contribution >= 4 is 0 Å². The van der Waals surface area contributed by atoms with E-state index in [0.29, 0.717) is 31.8 Å². The lowest BCUT2D eigenvalue weighted by molar-refractivity contribution is 0.0247. The molecule has 0 amide bonds. The van der Waals surface area contributed by atoms with Crippen LogP contribution in [-0.2, 0) is 4.74 Å². The Bertz CT molecular complexity index is 234. The van der Waals surface area contributed by atoms with Crippen LogP contribution >= 0.6 is 0 Å². The molecule has 0 bridgehead atoms. The number of hydrogen-bond acceptors (Lipinski definition) is 4. The number of hydrogen-bond donors (Lipinski definition) is 3. The van der Waals surface area contributed by atoms with Gasteiger partial charge in [-0.3, -0.25) is 0 Å². The highest BCUT2D eigenvalue weighted by Crippen LogP contribution is 2.18. The first-order valence-electron chi connectivity index (χ1n) is 7.45.